The van der Waals surface area contributed by atoms with Crippen LogP contribution in [0.2, 0.25) is 0 Å². The number of ether oxygens (including phenoxy) is 1. The van der Waals surface area contributed by atoms with Crippen LogP contribution in [0.25, 0.3) is 54.9 Å². The van der Waals surface area contributed by atoms with Gasteiger partial charge in [0.05, 0.1) is 5.41 Å². The molecule has 276 valence electrons. The SMILES string of the molecule is c1ccc(-c2ccc(N(c3ccc(-c4cccc5ccccc45)cc3)c3ccc4c(c3)C3(c5ccccc5Oc5c3ccc3ccccc53)c3ccccc3-4)cc2)cc1. The fraction of sp³-hybridized carbons (Fsp3) is 0.0175. The first kappa shape index (κ1) is 33.5. The third kappa shape index (κ3) is 5.06. The van der Waals surface area contributed by atoms with Crippen molar-refractivity contribution in [2.24, 2.45) is 0 Å². The lowest BCUT2D eigenvalue weighted by Gasteiger charge is -2.40. The Hall–Kier alpha value is -7.68. The van der Waals surface area contributed by atoms with Gasteiger partial charge in [-0.15, -0.1) is 0 Å². The first-order chi connectivity index (χ1) is 29.3. The fourth-order valence-electron chi connectivity index (χ4n) is 9.90. The zero-order valence-electron chi connectivity index (χ0n) is 32.2. The van der Waals surface area contributed by atoms with Gasteiger partial charge in [-0.3, -0.25) is 0 Å². The summed E-state index contributed by atoms with van der Waals surface area (Å²) in [5.41, 5.74) is 14.8. The maximum absolute atomic E-state index is 6.94. The fourth-order valence-corrected chi connectivity index (χ4v) is 9.90. The van der Waals surface area contributed by atoms with Crippen molar-refractivity contribution in [1.29, 1.82) is 0 Å². The van der Waals surface area contributed by atoms with E-state index in [0.29, 0.717) is 0 Å². The number of hydrogen-bond acceptors (Lipinski definition) is 2. The molecule has 0 aromatic heterocycles. The second-order valence-electron chi connectivity index (χ2n) is 15.6. The number of benzene rings is 10. The van der Waals surface area contributed by atoms with E-state index in [9.17, 15) is 0 Å². The Kier molecular flexibility index (Phi) is 7.48. The molecule has 0 fully saturated rings. The maximum Gasteiger partial charge on any atom is 0.140 e. The van der Waals surface area contributed by atoms with Crippen LogP contribution in [0.1, 0.15) is 22.3 Å². The minimum Gasteiger partial charge on any atom is -0.456 e. The Balaban J connectivity index is 1.08. The van der Waals surface area contributed by atoms with Crippen LogP contribution in [0, 0.1) is 0 Å². The van der Waals surface area contributed by atoms with Gasteiger partial charge in [0.1, 0.15) is 11.5 Å². The number of hydrogen-bond donors (Lipinski definition) is 0. The number of anilines is 3. The molecule has 12 rings (SSSR count). The molecule has 0 saturated carbocycles. The largest absolute Gasteiger partial charge is 0.456 e. The molecule has 0 radical (unpaired) electrons. The molecule has 1 aliphatic carbocycles. The summed E-state index contributed by atoms with van der Waals surface area (Å²) in [6, 6.07) is 81.7. The summed E-state index contributed by atoms with van der Waals surface area (Å²) in [7, 11) is 0. The van der Waals surface area contributed by atoms with Gasteiger partial charge >= 0.3 is 0 Å². The Morgan fingerprint density at radius 1 is 0.322 bits per heavy atom. The van der Waals surface area contributed by atoms with Gasteiger partial charge < -0.3 is 9.64 Å². The Morgan fingerprint density at radius 3 is 1.68 bits per heavy atom. The van der Waals surface area contributed by atoms with Crippen molar-refractivity contribution in [3.63, 3.8) is 0 Å². The molecule has 2 nitrogen and oxygen atoms in total. The van der Waals surface area contributed by atoms with E-state index >= 15 is 0 Å². The minimum absolute atomic E-state index is 0.600. The molecule has 1 unspecified atom stereocenters. The quantitative estimate of drug-likeness (QED) is 0.174. The Bertz CT molecular complexity index is 3230. The number of fused-ring (bicyclic) bond motifs is 12. The highest BCUT2D eigenvalue weighted by Gasteiger charge is 2.51. The highest BCUT2D eigenvalue weighted by atomic mass is 16.5. The van der Waals surface area contributed by atoms with Gasteiger partial charge in [-0.1, -0.05) is 182 Å². The number of para-hydroxylation sites is 1. The summed E-state index contributed by atoms with van der Waals surface area (Å²) in [6.45, 7) is 0. The summed E-state index contributed by atoms with van der Waals surface area (Å²) < 4.78 is 6.94. The first-order valence-corrected chi connectivity index (χ1v) is 20.3. The lowest BCUT2D eigenvalue weighted by molar-refractivity contribution is 0.441. The monoisotopic (exact) mass is 751 g/mol. The van der Waals surface area contributed by atoms with Crippen LogP contribution in [0.4, 0.5) is 17.1 Å². The van der Waals surface area contributed by atoms with Crippen LogP contribution in [0.3, 0.4) is 0 Å². The van der Waals surface area contributed by atoms with Gasteiger partial charge in [-0.05, 0) is 103 Å². The van der Waals surface area contributed by atoms with Crippen LogP contribution in [0.15, 0.2) is 224 Å². The molecule has 2 aliphatic rings. The molecule has 1 aliphatic heterocycles. The van der Waals surface area contributed by atoms with E-state index in [1.165, 1.54) is 55.3 Å². The molecule has 0 bridgehead atoms. The second kappa shape index (κ2) is 13.2. The van der Waals surface area contributed by atoms with Gasteiger partial charge in [0, 0.05) is 33.6 Å². The van der Waals surface area contributed by atoms with Crippen molar-refractivity contribution in [1.82, 2.24) is 0 Å². The lowest BCUT2D eigenvalue weighted by atomic mass is 9.65. The van der Waals surface area contributed by atoms with E-state index in [4.69, 9.17) is 4.74 Å². The van der Waals surface area contributed by atoms with E-state index in [-0.39, 0.29) is 0 Å². The molecule has 0 saturated heterocycles. The molecular formula is C57H37NO. The standard InChI is InChI=1S/C57H37NO/c1-2-13-38(14-3-1)39-25-30-43(31-26-39)58(44-32-27-42(28-33-44)47-21-12-17-40-15-4-6-18-46(40)47)45-34-35-50-49-20-8-9-22-51(49)57(54(50)37-45)52-23-10-11-24-55(52)59-56-48-19-7-5-16-41(48)29-36-53(56)57/h1-37H. The minimum atomic E-state index is -0.600. The van der Waals surface area contributed by atoms with Crippen molar-refractivity contribution in [2.45, 2.75) is 5.41 Å². The summed E-state index contributed by atoms with van der Waals surface area (Å²) in [6.07, 6.45) is 0. The molecule has 10 aromatic carbocycles. The molecule has 0 amide bonds. The van der Waals surface area contributed by atoms with Gasteiger partial charge in [-0.2, -0.15) is 0 Å². The van der Waals surface area contributed by atoms with Crippen LogP contribution in [-0.2, 0) is 5.41 Å². The van der Waals surface area contributed by atoms with Crippen molar-refractivity contribution in [2.75, 3.05) is 4.90 Å². The molecule has 1 heterocycles. The molecule has 0 N–H and O–H groups in total. The predicted molar refractivity (Wildman–Crippen MR) is 244 cm³/mol. The highest BCUT2D eigenvalue weighted by Crippen LogP contribution is 2.63. The molecule has 1 spiro atoms. The van der Waals surface area contributed by atoms with Crippen molar-refractivity contribution < 1.29 is 4.74 Å². The Labute approximate surface area is 343 Å². The van der Waals surface area contributed by atoms with Gasteiger partial charge in [-0.25, -0.2) is 0 Å². The third-order valence-corrected chi connectivity index (χ3v) is 12.5. The summed E-state index contributed by atoms with van der Waals surface area (Å²) in [5, 5.41) is 4.78. The van der Waals surface area contributed by atoms with E-state index in [1.54, 1.807) is 0 Å². The Morgan fingerprint density at radius 2 is 0.881 bits per heavy atom. The second-order valence-corrected chi connectivity index (χ2v) is 15.6. The van der Waals surface area contributed by atoms with Gasteiger partial charge in [0.15, 0.2) is 0 Å². The normalized spacial score (nSPS) is 14.6. The molecule has 59 heavy (non-hydrogen) atoms. The average molecular weight is 752 g/mol. The van der Waals surface area contributed by atoms with Crippen molar-refractivity contribution in [3.05, 3.63) is 247 Å². The van der Waals surface area contributed by atoms with Gasteiger partial charge in [0.2, 0.25) is 0 Å². The van der Waals surface area contributed by atoms with Crippen LogP contribution in [-0.4, -0.2) is 0 Å². The third-order valence-electron chi connectivity index (χ3n) is 12.5. The van der Waals surface area contributed by atoms with Gasteiger partial charge in [0.25, 0.3) is 0 Å². The van der Waals surface area contributed by atoms with E-state index < -0.39 is 5.41 Å². The topological polar surface area (TPSA) is 12.5 Å². The number of nitrogens with zero attached hydrogens (tertiary/aromatic N) is 1. The highest BCUT2D eigenvalue weighted by molar-refractivity contribution is 5.98. The zero-order chi connectivity index (χ0) is 38.9. The maximum atomic E-state index is 6.94. The smallest absolute Gasteiger partial charge is 0.140 e. The van der Waals surface area contributed by atoms with E-state index in [1.807, 2.05) is 0 Å². The van der Waals surface area contributed by atoms with Crippen molar-refractivity contribution >= 4 is 38.6 Å². The molecule has 1 atom stereocenters. The average Bonchev–Trinajstić information content (AvgIpc) is 3.59. The van der Waals surface area contributed by atoms with Crippen LogP contribution < -0.4 is 9.64 Å². The molecule has 2 heteroatoms. The van der Waals surface area contributed by atoms with E-state index in [0.717, 1.165) is 50.5 Å². The summed E-state index contributed by atoms with van der Waals surface area (Å²) in [5.74, 6) is 1.81. The predicted octanol–water partition coefficient (Wildman–Crippen LogP) is 15.3. The van der Waals surface area contributed by atoms with Crippen LogP contribution >= 0.6 is 0 Å². The first-order valence-electron chi connectivity index (χ1n) is 20.3. The molecule has 10 aromatic rings. The van der Waals surface area contributed by atoms with Crippen molar-refractivity contribution in [3.8, 4) is 44.9 Å². The summed E-state index contributed by atoms with van der Waals surface area (Å²) >= 11 is 0. The van der Waals surface area contributed by atoms with E-state index in [2.05, 4.69) is 229 Å². The van der Waals surface area contributed by atoms with Crippen LogP contribution in [0.5, 0.6) is 11.5 Å². The lowest BCUT2D eigenvalue weighted by Crippen LogP contribution is -2.32. The molecular weight excluding hydrogens is 715 g/mol. The number of rotatable bonds is 5. The zero-order valence-corrected chi connectivity index (χ0v) is 32.2. The summed E-state index contributed by atoms with van der Waals surface area (Å²) in [4.78, 5) is 2.41.